The van der Waals surface area contributed by atoms with Gasteiger partial charge in [0.2, 0.25) is 5.88 Å². The van der Waals surface area contributed by atoms with Gasteiger partial charge in [0.25, 0.3) is 0 Å². The van der Waals surface area contributed by atoms with Gasteiger partial charge < -0.3 is 9.47 Å². The van der Waals surface area contributed by atoms with Crippen LogP contribution < -0.4 is 20.7 Å². The predicted molar refractivity (Wildman–Crippen MR) is 68.5 cm³/mol. The van der Waals surface area contributed by atoms with Crippen LogP contribution in [0.25, 0.3) is 0 Å². The number of hydrazine groups is 1. The minimum absolute atomic E-state index is 0.401. The molecule has 3 N–H and O–H groups in total. The summed E-state index contributed by atoms with van der Waals surface area (Å²) in [6, 6.07) is 1.40. The number of rotatable bonds is 5. The maximum absolute atomic E-state index is 5.63. The third-order valence-corrected chi connectivity index (χ3v) is 2.67. The quantitative estimate of drug-likeness (QED) is 0.595. The molecule has 0 fully saturated rings. The van der Waals surface area contributed by atoms with E-state index in [1.807, 2.05) is 0 Å². The number of ether oxygens (including phenoxy) is 2. The van der Waals surface area contributed by atoms with Gasteiger partial charge in [0.05, 0.1) is 26.5 Å². The summed E-state index contributed by atoms with van der Waals surface area (Å²) in [7, 11) is 3.10. The molecule has 0 saturated heterocycles. The fourth-order valence-electron chi connectivity index (χ4n) is 1.81. The van der Waals surface area contributed by atoms with E-state index < -0.39 is 6.04 Å². The highest BCUT2D eigenvalue weighted by Crippen LogP contribution is 2.30. The summed E-state index contributed by atoms with van der Waals surface area (Å²) in [5.74, 6) is 6.65. The first-order valence-corrected chi connectivity index (χ1v) is 5.60. The molecular formula is C12H15N5O2. The molecule has 2 rings (SSSR count). The zero-order valence-electron chi connectivity index (χ0n) is 10.7. The summed E-state index contributed by atoms with van der Waals surface area (Å²) in [6.45, 7) is 0. The third kappa shape index (κ3) is 2.61. The molecular weight excluding hydrogens is 246 g/mol. The second-order valence-corrected chi connectivity index (χ2v) is 3.67. The predicted octanol–water partition coefficient (Wildman–Crippen LogP) is 0.441. The van der Waals surface area contributed by atoms with E-state index in [0.717, 1.165) is 5.56 Å². The van der Waals surface area contributed by atoms with Crippen LogP contribution in [0.3, 0.4) is 0 Å². The molecule has 2 aromatic rings. The van der Waals surface area contributed by atoms with E-state index in [1.54, 1.807) is 38.0 Å². The Morgan fingerprint density at radius 3 is 2.63 bits per heavy atom. The van der Waals surface area contributed by atoms with Crippen molar-refractivity contribution in [3.05, 3.63) is 42.1 Å². The van der Waals surface area contributed by atoms with Crippen molar-refractivity contribution >= 4 is 0 Å². The van der Waals surface area contributed by atoms with Crippen molar-refractivity contribution in [1.82, 2.24) is 20.4 Å². The molecule has 0 spiro atoms. The average Bonchev–Trinajstić information content (AvgIpc) is 2.49. The van der Waals surface area contributed by atoms with Crippen LogP contribution in [0.15, 0.2) is 30.9 Å². The lowest BCUT2D eigenvalue weighted by Gasteiger charge is -2.19. The topological polar surface area (TPSA) is 95.2 Å². The number of hydrogen-bond donors (Lipinski definition) is 2. The van der Waals surface area contributed by atoms with Crippen LogP contribution in [0.4, 0.5) is 0 Å². The molecule has 0 amide bonds. The lowest BCUT2D eigenvalue weighted by Crippen LogP contribution is -2.30. The molecule has 0 radical (unpaired) electrons. The fraction of sp³-hybridized carbons (Fsp3) is 0.250. The van der Waals surface area contributed by atoms with Gasteiger partial charge >= 0.3 is 0 Å². The molecule has 2 heterocycles. The molecule has 2 aromatic heterocycles. The molecule has 0 bridgehead atoms. The monoisotopic (exact) mass is 261 g/mol. The molecule has 0 aliphatic rings. The van der Waals surface area contributed by atoms with Gasteiger partial charge in [-0.1, -0.05) is 0 Å². The highest BCUT2D eigenvalue weighted by molar-refractivity contribution is 5.39. The van der Waals surface area contributed by atoms with Gasteiger partial charge in [-0.3, -0.25) is 15.8 Å². The molecule has 100 valence electrons. The molecule has 0 aromatic carbocycles. The lowest BCUT2D eigenvalue weighted by atomic mass is 10.0. The molecule has 7 heteroatoms. The Hall–Kier alpha value is -2.25. The van der Waals surface area contributed by atoms with E-state index in [0.29, 0.717) is 17.3 Å². The van der Waals surface area contributed by atoms with Gasteiger partial charge in [0.1, 0.15) is 11.4 Å². The van der Waals surface area contributed by atoms with Crippen molar-refractivity contribution < 1.29 is 9.47 Å². The highest BCUT2D eigenvalue weighted by atomic mass is 16.5. The van der Waals surface area contributed by atoms with Gasteiger partial charge in [-0.05, 0) is 6.07 Å². The van der Waals surface area contributed by atoms with Gasteiger partial charge in [-0.25, -0.2) is 10.4 Å². The number of nitrogens with zero attached hydrogens (tertiary/aromatic N) is 3. The Kier molecular flexibility index (Phi) is 4.22. The van der Waals surface area contributed by atoms with Gasteiger partial charge in [0, 0.05) is 24.2 Å². The third-order valence-electron chi connectivity index (χ3n) is 2.67. The molecule has 7 nitrogen and oxygen atoms in total. The Morgan fingerprint density at radius 2 is 1.95 bits per heavy atom. The highest BCUT2D eigenvalue weighted by Gasteiger charge is 2.22. The molecule has 1 unspecified atom stereocenters. The first-order chi connectivity index (χ1) is 9.31. The fourth-order valence-corrected chi connectivity index (χ4v) is 1.81. The number of aromatic nitrogens is 3. The minimum Gasteiger partial charge on any atom is -0.495 e. The Bertz CT molecular complexity index is 502. The van der Waals surface area contributed by atoms with Crippen LogP contribution in [0.5, 0.6) is 11.6 Å². The van der Waals surface area contributed by atoms with E-state index in [2.05, 4.69) is 20.4 Å². The second kappa shape index (κ2) is 6.07. The first-order valence-electron chi connectivity index (χ1n) is 5.60. The zero-order valence-corrected chi connectivity index (χ0v) is 10.7. The number of methoxy groups -OCH3 is 2. The van der Waals surface area contributed by atoms with Crippen molar-refractivity contribution in [2.45, 2.75) is 6.04 Å². The summed E-state index contributed by atoms with van der Waals surface area (Å²) in [5.41, 5.74) is 4.08. The largest absolute Gasteiger partial charge is 0.495 e. The smallest absolute Gasteiger partial charge is 0.237 e. The van der Waals surface area contributed by atoms with Crippen molar-refractivity contribution in [1.29, 1.82) is 0 Å². The van der Waals surface area contributed by atoms with Crippen molar-refractivity contribution in [3.8, 4) is 11.6 Å². The Morgan fingerprint density at radius 1 is 1.16 bits per heavy atom. The maximum Gasteiger partial charge on any atom is 0.237 e. The Balaban J connectivity index is 2.50. The van der Waals surface area contributed by atoms with Gasteiger partial charge in [-0.2, -0.15) is 0 Å². The van der Waals surface area contributed by atoms with Crippen molar-refractivity contribution in [3.63, 3.8) is 0 Å². The molecule has 0 aliphatic carbocycles. The number of nitrogens with one attached hydrogen (secondary N) is 1. The molecule has 1 atom stereocenters. The van der Waals surface area contributed by atoms with E-state index in [1.165, 1.54) is 7.11 Å². The molecule has 0 aliphatic heterocycles. The van der Waals surface area contributed by atoms with E-state index in [4.69, 9.17) is 15.3 Å². The summed E-state index contributed by atoms with van der Waals surface area (Å²) in [6.07, 6.45) is 6.41. The van der Waals surface area contributed by atoms with E-state index in [9.17, 15) is 0 Å². The van der Waals surface area contributed by atoms with Crippen LogP contribution in [0.1, 0.15) is 17.3 Å². The van der Waals surface area contributed by atoms with Gasteiger partial charge in [0.15, 0.2) is 0 Å². The van der Waals surface area contributed by atoms with Crippen molar-refractivity contribution in [2.75, 3.05) is 14.2 Å². The lowest BCUT2D eigenvalue weighted by molar-refractivity contribution is 0.377. The minimum atomic E-state index is -0.401. The first kappa shape index (κ1) is 13.2. The SMILES string of the molecule is COc1cnccc1C(NN)c1nccnc1OC. The Labute approximate surface area is 110 Å². The summed E-state index contributed by atoms with van der Waals surface area (Å²) >= 11 is 0. The number of hydrogen-bond acceptors (Lipinski definition) is 7. The molecule has 0 saturated carbocycles. The normalized spacial score (nSPS) is 11.9. The van der Waals surface area contributed by atoms with Crippen molar-refractivity contribution in [2.24, 2.45) is 5.84 Å². The van der Waals surface area contributed by atoms with Crippen LogP contribution in [-0.4, -0.2) is 29.2 Å². The van der Waals surface area contributed by atoms with Crippen LogP contribution >= 0.6 is 0 Å². The number of pyridine rings is 1. The molecule has 19 heavy (non-hydrogen) atoms. The standard InChI is InChI=1S/C12H15N5O2/c1-18-9-7-14-4-3-8(9)10(17-13)11-12(19-2)16-6-5-15-11/h3-7,10,17H,13H2,1-2H3. The summed E-state index contributed by atoms with van der Waals surface area (Å²) < 4.78 is 10.5. The van der Waals surface area contributed by atoms with Crippen LogP contribution in [0.2, 0.25) is 0 Å². The van der Waals surface area contributed by atoms with Crippen LogP contribution in [-0.2, 0) is 0 Å². The van der Waals surface area contributed by atoms with Gasteiger partial charge in [-0.15, -0.1) is 0 Å². The maximum atomic E-state index is 5.63. The zero-order chi connectivity index (χ0) is 13.7. The second-order valence-electron chi connectivity index (χ2n) is 3.67. The van der Waals surface area contributed by atoms with E-state index in [-0.39, 0.29) is 0 Å². The average molecular weight is 261 g/mol. The van der Waals surface area contributed by atoms with E-state index >= 15 is 0 Å². The number of nitrogens with two attached hydrogens (primary N) is 1. The summed E-state index contributed by atoms with van der Waals surface area (Å²) in [5, 5.41) is 0. The summed E-state index contributed by atoms with van der Waals surface area (Å²) in [4.78, 5) is 12.4. The van der Waals surface area contributed by atoms with Crippen LogP contribution in [0, 0.1) is 0 Å².